The third-order valence-corrected chi connectivity index (χ3v) is 4.35. The monoisotopic (exact) mass is 327 g/mol. The molecule has 0 aliphatic carbocycles. The topological polar surface area (TPSA) is 72.5 Å². The molecule has 2 aromatic heterocycles. The van der Waals surface area contributed by atoms with Gasteiger partial charge in [-0.25, -0.2) is 4.79 Å². The minimum absolute atomic E-state index is 0.0446. The number of fused-ring (bicyclic) bond motifs is 2. The van der Waals surface area contributed by atoms with Crippen LogP contribution in [0, 0.1) is 13.8 Å². The van der Waals surface area contributed by atoms with Gasteiger partial charge in [0.2, 0.25) is 5.91 Å². The Labute approximate surface area is 139 Å². The van der Waals surface area contributed by atoms with Gasteiger partial charge in [0.05, 0.1) is 6.26 Å². The first-order valence-corrected chi connectivity index (χ1v) is 8.22. The van der Waals surface area contributed by atoms with Crippen LogP contribution >= 0.6 is 0 Å². The maximum atomic E-state index is 12.3. The number of hydrogen-bond donors (Lipinski definition) is 1. The molecule has 3 aromatic rings. The number of amides is 1. The fraction of sp³-hybridized carbons (Fsp3) is 0.368. The van der Waals surface area contributed by atoms with E-state index in [1.54, 1.807) is 12.3 Å². The molecule has 24 heavy (non-hydrogen) atoms. The number of rotatable bonds is 5. The highest BCUT2D eigenvalue weighted by atomic mass is 16.4. The zero-order valence-corrected chi connectivity index (χ0v) is 14.2. The van der Waals surface area contributed by atoms with E-state index >= 15 is 0 Å². The standard InChI is InChI=1S/C19H21NO4/c1-4-7-20-18(21)6-5-13-12(3)15-8-14-11(2)10-23-16(14)9-17(15)24-19(13)22/h8-10H,4-7H2,1-3H3,(H,20,21). The highest BCUT2D eigenvalue weighted by Crippen LogP contribution is 2.28. The van der Waals surface area contributed by atoms with Crippen molar-refractivity contribution in [1.29, 1.82) is 0 Å². The molecule has 0 fully saturated rings. The zero-order chi connectivity index (χ0) is 17.3. The van der Waals surface area contributed by atoms with Crippen LogP contribution in [0.3, 0.4) is 0 Å². The molecule has 0 radical (unpaired) electrons. The van der Waals surface area contributed by atoms with Gasteiger partial charge in [0.15, 0.2) is 0 Å². The third-order valence-electron chi connectivity index (χ3n) is 4.35. The molecule has 5 heteroatoms. The van der Waals surface area contributed by atoms with Crippen molar-refractivity contribution in [2.24, 2.45) is 0 Å². The second-order valence-corrected chi connectivity index (χ2v) is 6.11. The first-order chi connectivity index (χ1) is 11.5. The summed E-state index contributed by atoms with van der Waals surface area (Å²) in [5.74, 6) is -0.0446. The molecule has 0 aliphatic heterocycles. The lowest BCUT2D eigenvalue weighted by Crippen LogP contribution is -2.25. The minimum Gasteiger partial charge on any atom is -0.464 e. The maximum absolute atomic E-state index is 12.3. The van der Waals surface area contributed by atoms with Gasteiger partial charge >= 0.3 is 5.63 Å². The quantitative estimate of drug-likeness (QED) is 0.727. The SMILES string of the molecule is CCCNC(=O)CCc1c(C)c2cc3c(C)coc3cc2oc1=O. The van der Waals surface area contributed by atoms with Crippen molar-refractivity contribution in [3.05, 3.63) is 45.5 Å². The predicted octanol–water partition coefficient (Wildman–Crippen LogP) is 3.61. The molecular formula is C19H21NO4. The number of carbonyl (C=O) groups excluding carboxylic acids is 1. The first kappa shape index (κ1) is 16.3. The van der Waals surface area contributed by atoms with Crippen molar-refractivity contribution in [1.82, 2.24) is 5.32 Å². The largest absolute Gasteiger partial charge is 0.464 e. The average Bonchev–Trinajstić information content (AvgIpc) is 2.91. The van der Waals surface area contributed by atoms with E-state index in [0.717, 1.165) is 28.3 Å². The van der Waals surface area contributed by atoms with Crippen LogP contribution in [0.25, 0.3) is 21.9 Å². The normalized spacial score (nSPS) is 11.3. The Kier molecular flexibility index (Phi) is 4.42. The molecule has 0 atom stereocenters. The van der Waals surface area contributed by atoms with Gasteiger partial charge in [-0.05, 0) is 43.9 Å². The number of nitrogens with one attached hydrogen (secondary N) is 1. The van der Waals surface area contributed by atoms with Crippen LogP contribution in [-0.2, 0) is 11.2 Å². The van der Waals surface area contributed by atoms with Gasteiger partial charge in [-0.2, -0.15) is 0 Å². The number of furan rings is 1. The lowest BCUT2D eigenvalue weighted by Gasteiger charge is -2.08. The summed E-state index contributed by atoms with van der Waals surface area (Å²) < 4.78 is 10.9. The third kappa shape index (κ3) is 2.94. The van der Waals surface area contributed by atoms with Gasteiger partial charge in [0, 0.05) is 35.4 Å². The highest BCUT2D eigenvalue weighted by Gasteiger charge is 2.15. The van der Waals surface area contributed by atoms with Crippen molar-refractivity contribution in [3.8, 4) is 0 Å². The summed E-state index contributed by atoms with van der Waals surface area (Å²) in [5.41, 5.74) is 3.30. The summed E-state index contributed by atoms with van der Waals surface area (Å²) in [6, 6.07) is 3.74. The summed E-state index contributed by atoms with van der Waals surface area (Å²) in [5, 5.41) is 4.71. The van der Waals surface area contributed by atoms with Crippen LogP contribution in [0.2, 0.25) is 0 Å². The molecule has 0 aliphatic rings. The van der Waals surface area contributed by atoms with Crippen LogP contribution in [0.5, 0.6) is 0 Å². The van der Waals surface area contributed by atoms with Gasteiger partial charge in [0.1, 0.15) is 11.2 Å². The Hall–Kier alpha value is -2.56. The molecule has 0 saturated carbocycles. The molecule has 0 saturated heterocycles. The lowest BCUT2D eigenvalue weighted by atomic mass is 10.0. The number of benzene rings is 1. The van der Waals surface area contributed by atoms with E-state index in [4.69, 9.17) is 8.83 Å². The fourth-order valence-corrected chi connectivity index (χ4v) is 2.92. The Morgan fingerprint density at radius 1 is 1.17 bits per heavy atom. The summed E-state index contributed by atoms with van der Waals surface area (Å²) in [6.07, 6.45) is 3.24. The fourth-order valence-electron chi connectivity index (χ4n) is 2.92. The first-order valence-electron chi connectivity index (χ1n) is 8.22. The molecule has 2 heterocycles. The van der Waals surface area contributed by atoms with E-state index in [-0.39, 0.29) is 18.0 Å². The molecule has 126 valence electrons. The van der Waals surface area contributed by atoms with Crippen LogP contribution in [0.1, 0.15) is 36.5 Å². The molecule has 0 spiro atoms. The van der Waals surface area contributed by atoms with Gasteiger partial charge < -0.3 is 14.2 Å². The van der Waals surface area contributed by atoms with Gasteiger partial charge in [-0.15, -0.1) is 0 Å². The van der Waals surface area contributed by atoms with Crippen molar-refractivity contribution in [2.75, 3.05) is 6.54 Å². The molecule has 1 N–H and O–H groups in total. The van der Waals surface area contributed by atoms with Crippen molar-refractivity contribution in [2.45, 2.75) is 40.0 Å². The minimum atomic E-state index is -0.383. The smallest absolute Gasteiger partial charge is 0.339 e. The number of carbonyl (C=O) groups is 1. The van der Waals surface area contributed by atoms with E-state index in [2.05, 4.69) is 5.32 Å². The Balaban J connectivity index is 1.99. The zero-order valence-electron chi connectivity index (χ0n) is 14.2. The van der Waals surface area contributed by atoms with Crippen molar-refractivity contribution >= 4 is 27.8 Å². The van der Waals surface area contributed by atoms with E-state index < -0.39 is 0 Å². The van der Waals surface area contributed by atoms with Gasteiger partial charge in [-0.1, -0.05) is 6.92 Å². The second-order valence-electron chi connectivity index (χ2n) is 6.11. The van der Waals surface area contributed by atoms with Crippen molar-refractivity contribution in [3.63, 3.8) is 0 Å². The van der Waals surface area contributed by atoms with Crippen LogP contribution in [0.15, 0.2) is 32.0 Å². The van der Waals surface area contributed by atoms with Crippen LogP contribution < -0.4 is 10.9 Å². The van der Waals surface area contributed by atoms with E-state index in [0.29, 0.717) is 29.7 Å². The molecular weight excluding hydrogens is 306 g/mol. The van der Waals surface area contributed by atoms with E-state index in [1.165, 1.54) is 0 Å². The summed E-state index contributed by atoms with van der Waals surface area (Å²) in [6.45, 7) is 6.54. The Morgan fingerprint density at radius 2 is 1.96 bits per heavy atom. The number of hydrogen-bond acceptors (Lipinski definition) is 4. The lowest BCUT2D eigenvalue weighted by molar-refractivity contribution is -0.121. The predicted molar refractivity (Wildman–Crippen MR) is 93.4 cm³/mol. The van der Waals surface area contributed by atoms with Crippen molar-refractivity contribution < 1.29 is 13.6 Å². The van der Waals surface area contributed by atoms with Gasteiger partial charge in [0.25, 0.3) is 0 Å². The Bertz CT molecular complexity index is 965. The maximum Gasteiger partial charge on any atom is 0.339 e. The molecule has 5 nitrogen and oxygen atoms in total. The van der Waals surface area contributed by atoms with E-state index in [1.807, 2.05) is 26.8 Å². The average molecular weight is 327 g/mol. The molecule has 0 unspecified atom stereocenters. The molecule has 0 bridgehead atoms. The summed E-state index contributed by atoms with van der Waals surface area (Å²) in [4.78, 5) is 24.1. The van der Waals surface area contributed by atoms with Crippen LogP contribution in [-0.4, -0.2) is 12.5 Å². The highest BCUT2D eigenvalue weighted by molar-refractivity contribution is 5.96. The second kappa shape index (κ2) is 6.51. The number of aryl methyl sites for hydroxylation is 2. The van der Waals surface area contributed by atoms with Crippen LogP contribution in [0.4, 0.5) is 0 Å². The van der Waals surface area contributed by atoms with E-state index in [9.17, 15) is 9.59 Å². The van der Waals surface area contributed by atoms with Gasteiger partial charge in [-0.3, -0.25) is 4.79 Å². The summed E-state index contributed by atoms with van der Waals surface area (Å²) >= 11 is 0. The molecule has 1 amide bonds. The molecule has 1 aromatic carbocycles. The Morgan fingerprint density at radius 3 is 2.71 bits per heavy atom. The summed E-state index contributed by atoms with van der Waals surface area (Å²) in [7, 11) is 0. The molecule has 3 rings (SSSR count).